The quantitative estimate of drug-likeness (QED) is 0.795. The second kappa shape index (κ2) is 8.45. The van der Waals surface area contributed by atoms with Crippen LogP contribution in [0.25, 0.3) is 0 Å². The highest BCUT2D eigenvalue weighted by molar-refractivity contribution is 5.92. The molecule has 2 saturated heterocycles. The van der Waals surface area contributed by atoms with Crippen LogP contribution in [0.2, 0.25) is 0 Å². The molecule has 3 heterocycles. The fourth-order valence-corrected chi connectivity index (χ4v) is 4.19. The molecule has 4 rings (SSSR count). The topological polar surface area (TPSA) is 56.6 Å². The van der Waals surface area contributed by atoms with Crippen molar-refractivity contribution in [2.24, 2.45) is 0 Å². The van der Waals surface area contributed by atoms with Crippen LogP contribution in [0.4, 0.5) is 0 Å². The maximum Gasteiger partial charge on any atom is 0.274 e. The Labute approximate surface area is 166 Å². The van der Waals surface area contributed by atoms with E-state index in [1.807, 2.05) is 36.2 Å². The summed E-state index contributed by atoms with van der Waals surface area (Å²) in [6.45, 7) is 5.59. The molecule has 150 valence electrons. The van der Waals surface area contributed by atoms with E-state index in [4.69, 9.17) is 9.47 Å². The number of benzene rings is 1. The number of rotatable bonds is 5. The number of aryl methyl sites for hydroxylation is 1. The van der Waals surface area contributed by atoms with Crippen molar-refractivity contribution < 1.29 is 14.3 Å². The third kappa shape index (κ3) is 4.28. The summed E-state index contributed by atoms with van der Waals surface area (Å²) < 4.78 is 14.2. The highest BCUT2D eigenvalue weighted by atomic mass is 16.5. The summed E-state index contributed by atoms with van der Waals surface area (Å²) >= 11 is 0. The zero-order chi connectivity index (χ0) is 19.4. The minimum atomic E-state index is -0.154. The number of nitrogens with zero attached hydrogens (tertiary/aromatic N) is 3. The highest BCUT2D eigenvalue weighted by Crippen LogP contribution is 2.36. The second-order valence-corrected chi connectivity index (χ2v) is 7.79. The number of piperidine rings is 1. The maximum absolute atomic E-state index is 12.7. The van der Waals surface area contributed by atoms with Crippen LogP contribution in [-0.2, 0) is 22.6 Å². The van der Waals surface area contributed by atoms with Crippen molar-refractivity contribution in [1.29, 1.82) is 0 Å². The van der Waals surface area contributed by atoms with Gasteiger partial charge in [-0.2, -0.15) is 5.10 Å². The summed E-state index contributed by atoms with van der Waals surface area (Å²) in [6, 6.07) is 12.1. The summed E-state index contributed by atoms with van der Waals surface area (Å²) in [4.78, 5) is 14.6. The molecule has 1 atom stereocenters. The molecule has 1 spiro atoms. The van der Waals surface area contributed by atoms with Gasteiger partial charge in [-0.25, -0.2) is 0 Å². The molecule has 2 aliphatic heterocycles. The van der Waals surface area contributed by atoms with Gasteiger partial charge in [0.15, 0.2) is 0 Å². The lowest BCUT2D eigenvalue weighted by Gasteiger charge is -2.46. The van der Waals surface area contributed by atoms with Crippen LogP contribution < -0.4 is 0 Å². The van der Waals surface area contributed by atoms with Crippen molar-refractivity contribution in [3.63, 3.8) is 0 Å². The predicted molar refractivity (Wildman–Crippen MR) is 106 cm³/mol. The minimum absolute atomic E-state index is 0.0229. The number of carbonyl (C=O) groups excluding carboxylic acids is 1. The number of hydrogen-bond donors (Lipinski definition) is 0. The van der Waals surface area contributed by atoms with Crippen LogP contribution in [0.3, 0.4) is 0 Å². The molecule has 0 bridgehead atoms. The molecule has 2 aromatic rings. The molecule has 0 aliphatic carbocycles. The van der Waals surface area contributed by atoms with E-state index in [2.05, 4.69) is 17.2 Å². The SMILES string of the molecule is CCn1ccc(C(=O)N2CCC3(CC2)CC(OCc2ccccc2)CCO3)n1. The van der Waals surface area contributed by atoms with Crippen LogP contribution in [0.1, 0.15) is 48.7 Å². The molecular weight excluding hydrogens is 354 g/mol. The molecule has 0 radical (unpaired) electrons. The van der Waals surface area contributed by atoms with Gasteiger partial charge < -0.3 is 14.4 Å². The Balaban J connectivity index is 1.30. The smallest absolute Gasteiger partial charge is 0.274 e. The Morgan fingerprint density at radius 2 is 2.04 bits per heavy atom. The summed E-state index contributed by atoms with van der Waals surface area (Å²) in [6.07, 6.45) is 5.64. The van der Waals surface area contributed by atoms with Gasteiger partial charge in [0.25, 0.3) is 5.91 Å². The van der Waals surface area contributed by atoms with Crippen molar-refractivity contribution >= 4 is 5.91 Å². The fourth-order valence-electron chi connectivity index (χ4n) is 4.19. The summed E-state index contributed by atoms with van der Waals surface area (Å²) in [7, 11) is 0. The summed E-state index contributed by atoms with van der Waals surface area (Å²) in [5.74, 6) is 0.0229. The number of ether oxygens (including phenoxy) is 2. The molecule has 6 heteroatoms. The average Bonchev–Trinajstić information content (AvgIpc) is 3.23. The number of amides is 1. The van der Waals surface area contributed by atoms with Crippen LogP contribution in [0.5, 0.6) is 0 Å². The van der Waals surface area contributed by atoms with Gasteiger partial charge in [0.1, 0.15) is 5.69 Å². The zero-order valence-corrected chi connectivity index (χ0v) is 16.5. The van der Waals surface area contributed by atoms with E-state index in [1.54, 1.807) is 10.7 Å². The summed E-state index contributed by atoms with van der Waals surface area (Å²) in [5, 5.41) is 4.35. The number of likely N-dealkylation sites (tertiary alicyclic amines) is 1. The van der Waals surface area contributed by atoms with Crippen molar-refractivity contribution in [3.05, 3.63) is 53.9 Å². The molecule has 1 aromatic heterocycles. The Hall–Kier alpha value is -2.18. The Kier molecular flexibility index (Phi) is 5.78. The third-order valence-electron chi connectivity index (χ3n) is 5.92. The van der Waals surface area contributed by atoms with Crippen LogP contribution in [0, 0.1) is 0 Å². The molecule has 28 heavy (non-hydrogen) atoms. The molecule has 0 N–H and O–H groups in total. The lowest BCUT2D eigenvalue weighted by molar-refractivity contribution is -0.154. The molecule has 6 nitrogen and oxygen atoms in total. The zero-order valence-electron chi connectivity index (χ0n) is 16.5. The van der Waals surface area contributed by atoms with Crippen molar-refractivity contribution in [1.82, 2.24) is 14.7 Å². The van der Waals surface area contributed by atoms with Gasteiger partial charge in [-0.15, -0.1) is 0 Å². The van der Waals surface area contributed by atoms with E-state index in [0.717, 1.165) is 38.8 Å². The Morgan fingerprint density at radius 1 is 1.25 bits per heavy atom. The predicted octanol–water partition coefficient (Wildman–Crippen LogP) is 3.27. The van der Waals surface area contributed by atoms with Gasteiger partial charge >= 0.3 is 0 Å². The average molecular weight is 383 g/mol. The first kappa shape index (κ1) is 19.2. The minimum Gasteiger partial charge on any atom is -0.375 e. The first-order valence-electron chi connectivity index (χ1n) is 10.3. The summed E-state index contributed by atoms with van der Waals surface area (Å²) in [5.41, 5.74) is 1.58. The van der Waals surface area contributed by atoms with Gasteiger partial charge in [0.2, 0.25) is 0 Å². The number of aromatic nitrogens is 2. The normalized spacial score (nSPS) is 21.8. The lowest BCUT2D eigenvalue weighted by atomic mass is 9.83. The van der Waals surface area contributed by atoms with Gasteiger partial charge in [0, 0.05) is 38.9 Å². The first-order valence-corrected chi connectivity index (χ1v) is 10.3. The molecule has 2 fully saturated rings. The molecular formula is C22H29N3O3. The van der Waals surface area contributed by atoms with E-state index in [-0.39, 0.29) is 17.6 Å². The van der Waals surface area contributed by atoms with E-state index in [0.29, 0.717) is 25.4 Å². The number of hydrogen-bond acceptors (Lipinski definition) is 4. The second-order valence-electron chi connectivity index (χ2n) is 7.79. The standard InChI is InChI=1S/C22H29N3O3/c1-2-25-12-8-20(23-25)21(26)24-13-10-22(11-14-24)16-19(9-15-28-22)27-17-18-6-4-3-5-7-18/h3-8,12,19H,2,9-11,13-17H2,1H3. The largest absolute Gasteiger partial charge is 0.375 e. The van der Waals surface area contributed by atoms with Gasteiger partial charge in [-0.1, -0.05) is 30.3 Å². The van der Waals surface area contributed by atoms with Gasteiger partial charge in [-0.05, 0) is 37.8 Å². The maximum atomic E-state index is 12.7. The fraction of sp³-hybridized carbons (Fsp3) is 0.545. The van der Waals surface area contributed by atoms with Crippen molar-refractivity contribution in [3.8, 4) is 0 Å². The van der Waals surface area contributed by atoms with Crippen molar-refractivity contribution in [2.75, 3.05) is 19.7 Å². The highest BCUT2D eigenvalue weighted by Gasteiger charge is 2.41. The monoisotopic (exact) mass is 383 g/mol. The molecule has 0 saturated carbocycles. The molecule has 1 unspecified atom stereocenters. The molecule has 2 aliphatic rings. The third-order valence-corrected chi connectivity index (χ3v) is 5.92. The molecule has 1 amide bonds. The van der Waals surface area contributed by atoms with E-state index in [1.165, 1.54) is 5.56 Å². The van der Waals surface area contributed by atoms with E-state index < -0.39 is 0 Å². The van der Waals surface area contributed by atoms with Crippen LogP contribution in [0.15, 0.2) is 42.6 Å². The van der Waals surface area contributed by atoms with Gasteiger partial charge in [-0.3, -0.25) is 9.48 Å². The van der Waals surface area contributed by atoms with Gasteiger partial charge in [0.05, 0.1) is 18.3 Å². The van der Waals surface area contributed by atoms with Crippen LogP contribution in [-0.4, -0.2) is 52.0 Å². The van der Waals surface area contributed by atoms with E-state index >= 15 is 0 Å². The Morgan fingerprint density at radius 3 is 2.75 bits per heavy atom. The molecule has 1 aromatic carbocycles. The van der Waals surface area contributed by atoms with Crippen molar-refractivity contribution in [2.45, 2.75) is 57.5 Å². The lowest BCUT2D eigenvalue weighted by Crippen LogP contribution is -2.52. The number of carbonyl (C=O) groups is 1. The van der Waals surface area contributed by atoms with Crippen LogP contribution >= 0.6 is 0 Å². The Bertz CT molecular complexity index is 781. The first-order chi connectivity index (χ1) is 13.7. The van der Waals surface area contributed by atoms with E-state index in [9.17, 15) is 4.79 Å².